The molecule has 2 aromatic rings. The molecule has 0 unspecified atom stereocenters. The summed E-state index contributed by atoms with van der Waals surface area (Å²) < 4.78 is 7.01. The van der Waals surface area contributed by atoms with Crippen LogP contribution in [0.5, 0.6) is 5.75 Å². The highest BCUT2D eigenvalue weighted by molar-refractivity contribution is 5.85. The van der Waals surface area contributed by atoms with Gasteiger partial charge in [0.15, 0.2) is 5.75 Å². The van der Waals surface area contributed by atoms with E-state index in [1.165, 1.54) is 7.11 Å². The molecule has 0 aliphatic carbocycles. The second kappa shape index (κ2) is 5.57. The number of aryl methyl sites for hydroxylation is 1. The topological polar surface area (TPSA) is 73.4 Å². The average molecular weight is 316 g/mol. The van der Waals surface area contributed by atoms with Crippen molar-refractivity contribution in [1.82, 2.24) is 9.78 Å². The summed E-state index contributed by atoms with van der Waals surface area (Å²) in [5.41, 5.74) is 3.69. The molecule has 23 heavy (non-hydrogen) atoms. The van der Waals surface area contributed by atoms with Gasteiger partial charge in [0.25, 0.3) is 0 Å². The minimum Gasteiger partial charge on any atom is -0.490 e. The van der Waals surface area contributed by atoms with Crippen molar-refractivity contribution < 1.29 is 9.66 Å². The van der Waals surface area contributed by atoms with Crippen molar-refractivity contribution in [3.05, 3.63) is 34.1 Å². The second-order valence-corrected chi connectivity index (χ2v) is 6.00. The Hall–Kier alpha value is -2.57. The summed E-state index contributed by atoms with van der Waals surface area (Å²) in [6, 6.07) is 3.66. The SMILES string of the molecule is COc1cc2c(cc1[N+](=O)[O-])-c1cn(C)nc1CCN2C(C)C. The fraction of sp³-hybridized carbons (Fsp3) is 0.438. The maximum atomic E-state index is 11.4. The third-order valence-corrected chi connectivity index (χ3v) is 4.21. The van der Waals surface area contributed by atoms with Crippen molar-refractivity contribution >= 4 is 11.4 Å². The summed E-state index contributed by atoms with van der Waals surface area (Å²) in [7, 11) is 3.33. The number of hydrogen-bond donors (Lipinski definition) is 0. The van der Waals surface area contributed by atoms with Crippen molar-refractivity contribution in [2.75, 3.05) is 18.6 Å². The van der Waals surface area contributed by atoms with Gasteiger partial charge in [-0.25, -0.2) is 0 Å². The Morgan fingerprint density at radius 3 is 2.70 bits per heavy atom. The maximum Gasteiger partial charge on any atom is 0.311 e. The molecule has 0 radical (unpaired) electrons. The molecule has 0 fully saturated rings. The minimum absolute atomic E-state index is 0.0216. The molecule has 1 aliphatic heterocycles. The van der Waals surface area contributed by atoms with Crippen molar-refractivity contribution in [3.8, 4) is 16.9 Å². The van der Waals surface area contributed by atoms with Crippen LogP contribution in [0.15, 0.2) is 18.3 Å². The Labute approximate surface area is 134 Å². The molecule has 0 amide bonds. The lowest BCUT2D eigenvalue weighted by molar-refractivity contribution is -0.385. The van der Waals surface area contributed by atoms with Crippen LogP contribution in [-0.4, -0.2) is 34.4 Å². The monoisotopic (exact) mass is 316 g/mol. The van der Waals surface area contributed by atoms with Gasteiger partial charge in [0.1, 0.15) is 0 Å². The Kier molecular flexibility index (Phi) is 3.71. The maximum absolute atomic E-state index is 11.4. The van der Waals surface area contributed by atoms with Crippen LogP contribution in [0.1, 0.15) is 19.5 Å². The number of aromatic nitrogens is 2. The minimum atomic E-state index is -0.403. The van der Waals surface area contributed by atoms with Gasteiger partial charge in [-0.2, -0.15) is 5.10 Å². The van der Waals surface area contributed by atoms with E-state index in [9.17, 15) is 10.1 Å². The number of methoxy groups -OCH3 is 1. The molecule has 1 aliphatic rings. The largest absolute Gasteiger partial charge is 0.490 e. The van der Waals surface area contributed by atoms with Crippen LogP contribution in [0.3, 0.4) is 0 Å². The van der Waals surface area contributed by atoms with E-state index < -0.39 is 4.92 Å². The first kappa shape index (κ1) is 15.3. The standard InChI is InChI=1S/C16H20N4O3/c1-10(2)19-6-5-13-12(9-18(3)17-13)11-7-15(20(21)22)16(23-4)8-14(11)19/h7-10H,5-6H2,1-4H3. The zero-order valence-electron chi connectivity index (χ0n) is 13.7. The van der Waals surface area contributed by atoms with Gasteiger partial charge in [-0.1, -0.05) is 0 Å². The molecule has 0 saturated carbocycles. The number of benzene rings is 1. The Bertz CT molecular complexity index is 767. The number of rotatable bonds is 3. The number of anilines is 1. The van der Waals surface area contributed by atoms with Gasteiger partial charge in [-0.15, -0.1) is 0 Å². The highest BCUT2D eigenvalue weighted by Gasteiger charge is 2.28. The number of nitro benzene ring substituents is 1. The van der Waals surface area contributed by atoms with Crippen molar-refractivity contribution in [2.45, 2.75) is 26.3 Å². The van der Waals surface area contributed by atoms with E-state index in [1.54, 1.807) is 16.8 Å². The zero-order chi connectivity index (χ0) is 16.7. The summed E-state index contributed by atoms with van der Waals surface area (Å²) in [5.74, 6) is 0.284. The number of fused-ring (bicyclic) bond motifs is 3. The summed E-state index contributed by atoms with van der Waals surface area (Å²) in [6.45, 7) is 5.04. The number of hydrogen-bond acceptors (Lipinski definition) is 5. The molecule has 0 atom stereocenters. The summed E-state index contributed by atoms with van der Waals surface area (Å²) >= 11 is 0. The fourth-order valence-electron chi connectivity index (χ4n) is 3.14. The van der Waals surface area contributed by atoms with Crippen molar-refractivity contribution in [1.29, 1.82) is 0 Å². The van der Waals surface area contributed by atoms with Gasteiger partial charge < -0.3 is 9.64 Å². The first-order valence-electron chi connectivity index (χ1n) is 7.58. The van der Waals surface area contributed by atoms with Crippen molar-refractivity contribution in [3.63, 3.8) is 0 Å². The average Bonchev–Trinajstić information content (AvgIpc) is 2.80. The van der Waals surface area contributed by atoms with Crippen LogP contribution in [0.25, 0.3) is 11.1 Å². The second-order valence-electron chi connectivity index (χ2n) is 6.00. The lowest BCUT2D eigenvalue weighted by atomic mass is 10.0. The van der Waals surface area contributed by atoms with Crippen LogP contribution < -0.4 is 9.64 Å². The first-order chi connectivity index (χ1) is 10.9. The van der Waals surface area contributed by atoms with E-state index >= 15 is 0 Å². The third kappa shape index (κ3) is 2.52. The number of ether oxygens (including phenoxy) is 1. The molecule has 0 bridgehead atoms. The van der Waals surface area contributed by atoms with Crippen LogP contribution in [-0.2, 0) is 13.5 Å². The lowest BCUT2D eigenvalue weighted by Gasteiger charge is -2.29. The molecule has 0 saturated heterocycles. The van der Waals surface area contributed by atoms with Gasteiger partial charge in [0.2, 0.25) is 0 Å². The highest BCUT2D eigenvalue weighted by Crippen LogP contribution is 2.43. The van der Waals surface area contributed by atoms with Gasteiger partial charge in [0.05, 0.1) is 17.7 Å². The van der Waals surface area contributed by atoms with E-state index in [-0.39, 0.29) is 17.5 Å². The molecular formula is C16H20N4O3. The zero-order valence-corrected chi connectivity index (χ0v) is 13.7. The third-order valence-electron chi connectivity index (χ3n) is 4.21. The fourth-order valence-corrected chi connectivity index (χ4v) is 3.14. The molecule has 2 heterocycles. The number of nitro groups is 1. The summed E-state index contributed by atoms with van der Waals surface area (Å²) in [5, 5.41) is 15.9. The van der Waals surface area contributed by atoms with E-state index in [0.717, 1.165) is 35.5 Å². The molecule has 3 rings (SSSR count). The van der Waals surface area contributed by atoms with Crippen LogP contribution in [0, 0.1) is 10.1 Å². The van der Waals surface area contributed by atoms with Gasteiger partial charge in [0, 0.05) is 61.2 Å². The van der Waals surface area contributed by atoms with E-state index in [1.807, 2.05) is 13.2 Å². The Morgan fingerprint density at radius 1 is 1.35 bits per heavy atom. The smallest absolute Gasteiger partial charge is 0.311 e. The molecule has 7 nitrogen and oxygen atoms in total. The highest BCUT2D eigenvalue weighted by atomic mass is 16.6. The normalized spacial score (nSPS) is 13.5. The first-order valence-corrected chi connectivity index (χ1v) is 7.58. The molecule has 7 heteroatoms. The summed E-state index contributed by atoms with van der Waals surface area (Å²) in [6.07, 6.45) is 2.73. The van der Waals surface area contributed by atoms with E-state index in [0.29, 0.717) is 0 Å². The predicted molar refractivity (Wildman–Crippen MR) is 88.0 cm³/mol. The molecule has 1 aromatic carbocycles. The predicted octanol–water partition coefficient (Wildman–Crippen LogP) is 2.77. The van der Waals surface area contributed by atoms with Gasteiger partial charge >= 0.3 is 5.69 Å². The van der Waals surface area contributed by atoms with Crippen molar-refractivity contribution in [2.24, 2.45) is 7.05 Å². The molecular weight excluding hydrogens is 296 g/mol. The number of nitrogens with zero attached hydrogens (tertiary/aromatic N) is 4. The van der Waals surface area contributed by atoms with Crippen LogP contribution in [0.2, 0.25) is 0 Å². The van der Waals surface area contributed by atoms with Gasteiger partial charge in [-0.3, -0.25) is 14.8 Å². The quantitative estimate of drug-likeness (QED) is 0.643. The van der Waals surface area contributed by atoms with Crippen LogP contribution in [0.4, 0.5) is 11.4 Å². The van der Waals surface area contributed by atoms with Crippen LogP contribution >= 0.6 is 0 Å². The Morgan fingerprint density at radius 2 is 2.09 bits per heavy atom. The van der Waals surface area contributed by atoms with Gasteiger partial charge in [-0.05, 0) is 13.8 Å². The van der Waals surface area contributed by atoms with E-state index in [2.05, 4.69) is 23.8 Å². The molecule has 0 spiro atoms. The Balaban J connectivity index is 2.30. The summed E-state index contributed by atoms with van der Waals surface area (Å²) in [4.78, 5) is 13.2. The molecule has 1 aromatic heterocycles. The molecule has 0 N–H and O–H groups in total. The molecule has 122 valence electrons. The van der Waals surface area contributed by atoms with E-state index in [4.69, 9.17) is 4.74 Å². The lowest BCUT2D eigenvalue weighted by Crippen LogP contribution is -2.32.